The third kappa shape index (κ3) is 9.12. The third-order valence-corrected chi connectivity index (χ3v) is 7.31. The zero-order chi connectivity index (χ0) is 27.4. The molecule has 2 aliphatic heterocycles. The summed E-state index contributed by atoms with van der Waals surface area (Å²) in [6.07, 6.45) is 3.74. The fourth-order valence-corrected chi connectivity index (χ4v) is 5.38. The van der Waals surface area contributed by atoms with Crippen LogP contribution >= 0.6 is 11.6 Å². The first-order chi connectivity index (χ1) is 18.4. The first kappa shape index (κ1) is 30.2. The molecular formula is C31H44ClN5O. The molecular weight excluding hydrogens is 494 g/mol. The Kier molecular flexibility index (Phi) is 12.1. The minimum Gasteiger partial charge on any atom is -0.309 e. The van der Waals surface area contributed by atoms with Gasteiger partial charge in [-0.1, -0.05) is 73.1 Å². The quantitative estimate of drug-likeness (QED) is 0.197. The summed E-state index contributed by atoms with van der Waals surface area (Å²) < 4.78 is 0. The fraction of sp³-hybridized carbons (Fsp3) is 0.516. The SMILES string of the molecule is CC.CC(C)(CN1CCc2ccccc2C1)NCCN=O.Clc1nc2ccccc2cc1CN1CCCC1. The summed E-state index contributed by atoms with van der Waals surface area (Å²) in [6.45, 7) is 15.8. The largest absolute Gasteiger partial charge is 0.309 e. The lowest BCUT2D eigenvalue weighted by Gasteiger charge is -2.36. The minimum atomic E-state index is 0.0109. The van der Waals surface area contributed by atoms with Gasteiger partial charge in [0.1, 0.15) is 5.15 Å². The Hall–Kier alpha value is -2.38. The summed E-state index contributed by atoms with van der Waals surface area (Å²) in [6, 6.07) is 19.0. The molecule has 1 fully saturated rings. The van der Waals surface area contributed by atoms with Crippen LogP contribution in [0.1, 0.15) is 57.2 Å². The molecule has 206 valence electrons. The monoisotopic (exact) mass is 537 g/mol. The molecule has 5 rings (SSSR count). The second kappa shape index (κ2) is 15.3. The van der Waals surface area contributed by atoms with Crippen molar-refractivity contribution in [1.29, 1.82) is 0 Å². The van der Waals surface area contributed by atoms with Crippen LogP contribution in [0.5, 0.6) is 0 Å². The summed E-state index contributed by atoms with van der Waals surface area (Å²) >= 11 is 6.24. The zero-order valence-electron chi connectivity index (χ0n) is 23.5. The number of rotatable bonds is 8. The molecule has 1 N–H and O–H groups in total. The van der Waals surface area contributed by atoms with Crippen molar-refractivity contribution >= 4 is 22.5 Å². The molecule has 2 aliphatic rings. The van der Waals surface area contributed by atoms with Crippen LogP contribution in [-0.2, 0) is 19.5 Å². The molecule has 1 aromatic heterocycles. The van der Waals surface area contributed by atoms with Gasteiger partial charge in [0.25, 0.3) is 0 Å². The highest BCUT2D eigenvalue weighted by Crippen LogP contribution is 2.23. The van der Waals surface area contributed by atoms with Gasteiger partial charge in [0, 0.05) is 49.2 Å². The summed E-state index contributed by atoms with van der Waals surface area (Å²) in [4.78, 5) is 19.5. The predicted molar refractivity (Wildman–Crippen MR) is 161 cm³/mol. The van der Waals surface area contributed by atoms with Crippen LogP contribution < -0.4 is 5.32 Å². The van der Waals surface area contributed by atoms with Crippen LogP contribution in [0.4, 0.5) is 0 Å². The Morgan fingerprint density at radius 3 is 2.39 bits per heavy atom. The molecule has 6 nitrogen and oxygen atoms in total. The standard InChI is InChI=1S/C15H23N3O.C14H15ClN2.C2H6/c1-15(2,16-8-9-17-19)12-18-10-7-13-5-3-4-6-14(13)11-18;15-14-12(10-17-7-3-4-8-17)9-11-5-1-2-6-13(11)16-14;1-2/h3-6,16H,7-12H2,1-2H3;1-2,5-6,9H,3-4,7-8,10H2;1-2H3. The van der Waals surface area contributed by atoms with E-state index < -0.39 is 0 Å². The second-order valence-corrected chi connectivity index (χ2v) is 10.9. The number of para-hydroxylation sites is 1. The van der Waals surface area contributed by atoms with E-state index in [0.29, 0.717) is 18.2 Å². The van der Waals surface area contributed by atoms with Crippen molar-refractivity contribution in [1.82, 2.24) is 20.1 Å². The molecule has 3 aromatic rings. The highest BCUT2D eigenvalue weighted by Gasteiger charge is 2.24. The first-order valence-corrected chi connectivity index (χ1v) is 14.4. The van der Waals surface area contributed by atoms with E-state index in [-0.39, 0.29) is 5.54 Å². The molecule has 2 aromatic carbocycles. The summed E-state index contributed by atoms with van der Waals surface area (Å²) in [5.41, 5.74) is 5.06. The van der Waals surface area contributed by atoms with E-state index in [0.717, 1.165) is 43.7 Å². The number of hydrogen-bond acceptors (Lipinski definition) is 6. The van der Waals surface area contributed by atoms with E-state index in [9.17, 15) is 4.91 Å². The molecule has 7 heteroatoms. The maximum Gasteiger partial charge on any atom is 0.134 e. The van der Waals surface area contributed by atoms with Crippen LogP contribution in [-0.4, -0.2) is 59.6 Å². The van der Waals surface area contributed by atoms with Gasteiger partial charge in [-0.15, -0.1) is 0 Å². The number of hydrogen-bond donors (Lipinski definition) is 1. The highest BCUT2D eigenvalue weighted by atomic mass is 35.5. The number of halogens is 1. The molecule has 0 unspecified atom stereocenters. The van der Waals surface area contributed by atoms with Gasteiger partial charge in [-0.25, -0.2) is 4.98 Å². The van der Waals surface area contributed by atoms with Gasteiger partial charge in [-0.3, -0.25) is 9.80 Å². The number of benzene rings is 2. The lowest BCUT2D eigenvalue weighted by Crippen LogP contribution is -2.50. The average Bonchev–Trinajstić information content (AvgIpc) is 3.44. The number of nitroso groups, excluding NO2 is 1. The Labute approximate surface area is 233 Å². The smallest absolute Gasteiger partial charge is 0.134 e. The van der Waals surface area contributed by atoms with E-state index in [1.807, 2.05) is 32.0 Å². The van der Waals surface area contributed by atoms with Crippen LogP contribution in [0.15, 0.2) is 59.8 Å². The zero-order valence-corrected chi connectivity index (χ0v) is 24.3. The Morgan fingerprint density at radius 2 is 1.66 bits per heavy atom. The Bertz CT molecular complexity index is 1150. The molecule has 0 radical (unpaired) electrons. The molecule has 1 saturated heterocycles. The van der Waals surface area contributed by atoms with Gasteiger partial charge in [0.2, 0.25) is 0 Å². The molecule has 38 heavy (non-hydrogen) atoms. The van der Waals surface area contributed by atoms with Crippen molar-refractivity contribution < 1.29 is 0 Å². The first-order valence-electron chi connectivity index (χ1n) is 14.0. The number of fused-ring (bicyclic) bond motifs is 2. The number of nitrogens with zero attached hydrogens (tertiary/aromatic N) is 4. The van der Waals surface area contributed by atoms with Crippen LogP contribution in [0.3, 0.4) is 0 Å². The molecule has 0 spiro atoms. The van der Waals surface area contributed by atoms with Gasteiger partial charge in [-0.2, -0.15) is 4.91 Å². The minimum absolute atomic E-state index is 0.0109. The number of nitrogens with one attached hydrogen (secondary N) is 1. The number of aromatic nitrogens is 1. The van der Waals surface area contributed by atoms with Gasteiger partial charge in [-0.05, 0) is 69.5 Å². The molecule has 0 bridgehead atoms. The van der Waals surface area contributed by atoms with E-state index >= 15 is 0 Å². The maximum atomic E-state index is 10.1. The number of pyridine rings is 1. The molecule has 0 amide bonds. The van der Waals surface area contributed by atoms with Crippen molar-refractivity contribution in [2.75, 3.05) is 39.3 Å². The molecule has 3 heterocycles. The molecule has 0 atom stereocenters. The fourth-order valence-electron chi connectivity index (χ4n) is 5.17. The van der Waals surface area contributed by atoms with Crippen molar-refractivity contribution in [3.8, 4) is 0 Å². The van der Waals surface area contributed by atoms with Gasteiger partial charge in [0.05, 0.1) is 12.1 Å². The highest BCUT2D eigenvalue weighted by molar-refractivity contribution is 6.30. The van der Waals surface area contributed by atoms with Crippen molar-refractivity contribution in [3.05, 3.63) is 81.3 Å². The Morgan fingerprint density at radius 1 is 0.974 bits per heavy atom. The van der Waals surface area contributed by atoms with E-state index in [1.165, 1.54) is 42.4 Å². The van der Waals surface area contributed by atoms with Crippen LogP contribution in [0.2, 0.25) is 5.15 Å². The van der Waals surface area contributed by atoms with Crippen molar-refractivity contribution in [3.63, 3.8) is 0 Å². The van der Waals surface area contributed by atoms with E-state index in [4.69, 9.17) is 11.6 Å². The Balaban J connectivity index is 0.000000199. The van der Waals surface area contributed by atoms with Crippen molar-refractivity contribution in [2.24, 2.45) is 5.18 Å². The predicted octanol–water partition coefficient (Wildman–Crippen LogP) is 6.69. The topological polar surface area (TPSA) is 60.8 Å². The van der Waals surface area contributed by atoms with Gasteiger partial charge < -0.3 is 5.32 Å². The third-order valence-electron chi connectivity index (χ3n) is 6.98. The lowest BCUT2D eigenvalue weighted by atomic mass is 9.97. The van der Waals surface area contributed by atoms with Gasteiger partial charge >= 0.3 is 0 Å². The van der Waals surface area contributed by atoms with Gasteiger partial charge in [0.15, 0.2) is 0 Å². The number of likely N-dealkylation sites (tertiary alicyclic amines) is 1. The van der Waals surface area contributed by atoms with E-state index in [2.05, 4.69) is 75.5 Å². The van der Waals surface area contributed by atoms with Crippen molar-refractivity contribution in [2.45, 2.75) is 65.6 Å². The molecule has 0 saturated carbocycles. The van der Waals surface area contributed by atoms with Crippen LogP contribution in [0.25, 0.3) is 10.9 Å². The second-order valence-electron chi connectivity index (χ2n) is 10.5. The van der Waals surface area contributed by atoms with Crippen LogP contribution in [0, 0.1) is 4.91 Å². The van der Waals surface area contributed by atoms with E-state index in [1.54, 1.807) is 0 Å². The normalized spacial score (nSPS) is 15.7. The molecule has 0 aliphatic carbocycles. The lowest BCUT2D eigenvalue weighted by molar-refractivity contribution is 0.187. The summed E-state index contributed by atoms with van der Waals surface area (Å²) in [7, 11) is 0. The summed E-state index contributed by atoms with van der Waals surface area (Å²) in [5.74, 6) is 0. The summed E-state index contributed by atoms with van der Waals surface area (Å²) in [5, 5.41) is 8.11. The average molecular weight is 538 g/mol. The maximum absolute atomic E-state index is 10.1.